The molecule has 3 aromatic carbocycles. The minimum absolute atomic E-state index is 0.126. The summed E-state index contributed by atoms with van der Waals surface area (Å²) in [6.45, 7) is 1.37. The summed E-state index contributed by atoms with van der Waals surface area (Å²) in [5, 5.41) is 5.29. The summed E-state index contributed by atoms with van der Waals surface area (Å²) in [5.41, 5.74) is 0.946. The fourth-order valence-electron chi connectivity index (χ4n) is 4.26. The highest BCUT2D eigenvalue weighted by Crippen LogP contribution is 2.23. The third-order valence-electron chi connectivity index (χ3n) is 6.07. The van der Waals surface area contributed by atoms with Crippen molar-refractivity contribution in [1.82, 2.24) is 10.2 Å². The smallest absolute Gasteiger partial charge is 0.287 e. The predicted octanol–water partition coefficient (Wildman–Crippen LogP) is 5.11. The Morgan fingerprint density at radius 3 is 2.56 bits per heavy atom. The average Bonchev–Trinajstić information content (AvgIpc) is 3.52. The Morgan fingerprint density at radius 1 is 0.971 bits per heavy atom. The van der Waals surface area contributed by atoms with Gasteiger partial charge < -0.3 is 19.4 Å². The summed E-state index contributed by atoms with van der Waals surface area (Å²) in [6.07, 6.45) is 1.42. The maximum Gasteiger partial charge on any atom is 0.287 e. The number of furan rings is 1. The van der Waals surface area contributed by atoms with Crippen molar-refractivity contribution < 1.29 is 18.7 Å². The Labute approximate surface area is 198 Å². The van der Waals surface area contributed by atoms with Crippen LogP contribution >= 0.6 is 0 Å². The van der Waals surface area contributed by atoms with Gasteiger partial charge in [0.05, 0.1) is 6.04 Å². The van der Waals surface area contributed by atoms with E-state index >= 15 is 0 Å². The summed E-state index contributed by atoms with van der Waals surface area (Å²) >= 11 is 0. The number of hydrogen-bond donors (Lipinski definition) is 1. The van der Waals surface area contributed by atoms with E-state index in [1.807, 2.05) is 71.6 Å². The highest BCUT2D eigenvalue weighted by molar-refractivity contribution is 5.92. The quantitative estimate of drug-likeness (QED) is 0.402. The van der Waals surface area contributed by atoms with Crippen LogP contribution in [0.5, 0.6) is 5.75 Å². The lowest BCUT2D eigenvalue weighted by Crippen LogP contribution is -2.38. The topological polar surface area (TPSA) is 71.8 Å². The maximum atomic E-state index is 13.0. The molecule has 1 saturated heterocycles. The van der Waals surface area contributed by atoms with E-state index in [-0.39, 0.29) is 30.2 Å². The Hall–Kier alpha value is -4.06. The molecule has 1 atom stereocenters. The van der Waals surface area contributed by atoms with Crippen LogP contribution in [0.15, 0.2) is 89.3 Å². The number of carbonyl (C=O) groups excluding carboxylic acids is 2. The lowest BCUT2D eigenvalue weighted by Gasteiger charge is -2.25. The van der Waals surface area contributed by atoms with E-state index in [0.29, 0.717) is 18.7 Å². The molecule has 1 fully saturated rings. The molecule has 1 unspecified atom stereocenters. The number of carbonyl (C=O) groups is 2. The molecule has 0 spiro atoms. The number of likely N-dealkylation sites (tertiary alicyclic amines) is 1. The minimum atomic E-state index is -0.322. The van der Waals surface area contributed by atoms with Gasteiger partial charge in [0.2, 0.25) is 5.91 Å². The number of nitrogens with one attached hydrogen (secondary N) is 1. The van der Waals surface area contributed by atoms with Crippen LogP contribution in [0.1, 0.15) is 40.8 Å². The molecule has 172 valence electrons. The molecule has 0 aliphatic carbocycles. The zero-order valence-electron chi connectivity index (χ0n) is 18.8. The highest BCUT2D eigenvalue weighted by atomic mass is 16.5. The van der Waals surface area contributed by atoms with E-state index < -0.39 is 0 Å². The van der Waals surface area contributed by atoms with Crippen molar-refractivity contribution >= 4 is 22.6 Å². The molecular weight excluding hydrogens is 428 g/mol. The average molecular weight is 455 g/mol. The summed E-state index contributed by atoms with van der Waals surface area (Å²) in [5.74, 6) is 1.31. The largest absolute Gasteiger partial charge is 0.486 e. The number of hydrogen-bond acceptors (Lipinski definition) is 4. The SMILES string of the molecule is O=C(NC(CN1CCCC1=O)c1ccccc1)c1ccc(COc2ccc3ccccc3c2)o1. The van der Waals surface area contributed by atoms with Crippen LogP contribution in [0.4, 0.5) is 0 Å². The molecule has 6 nitrogen and oxygen atoms in total. The normalized spacial score (nSPS) is 14.4. The van der Waals surface area contributed by atoms with Crippen molar-refractivity contribution in [2.75, 3.05) is 13.1 Å². The van der Waals surface area contributed by atoms with E-state index in [9.17, 15) is 9.59 Å². The first-order valence-corrected chi connectivity index (χ1v) is 11.5. The van der Waals surface area contributed by atoms with Crippen LogP contribution in [0.3, 0.4) is 0 Å². The van der Waals surface area contributed by atoms with Crippen molar-refractivity contribution in [2.45, 2.75) is 25.5 Å². The van der Waals surface area contributed by atoms with Crippen molar-refractivity contribution in [3.8, 4) is 5.75 Å². The molecule has 0 bridgehead atoms. The first-order valence-electron chi connectivity index (χ1n) is 11.5. The first kappa shape index (κ1) is 21.8. The second-order valence-corrected chi connectivity index (χ2v) is 8.44. The lowest BCUT2D eigenvalue weighted by molar-refractivity contribution is -0.128. The van der Waals surface area contributed by atoms with E-state index in [1.54, 1.807) is 12.1 Å². The van der Waals surface area contributed by atoms with Gasteiger partial charge in [-0.15, -0.1) is 0 Å². The molecule has 1 aliphatic heterocycles. The van der Waals surface area contributed by atoms with Gasteiger partial charge in [-0.1, -0.05) is 60.7 Å². The van der Waals surface area contributed by atoms with Gasteiger partial charge in [-0.25, -0.2) is 0 Å². The number of nitrogens with zero attached hydrogens (tertiary/aromatic N) is 1. The molecule has 6 heteroatoms. The van der Waals surface area contributed by atoms with Crippen LogP contribution in [-0.4, -0.2) is 29.8 Å². The van der Waals surface area contributed by atoms with Gasteiger partial charge >= 0.3 is 0 Å². The number of benzene rings is 3. The van der Waals surface area contributed by atoms with Gasteiger partial charge in [0, 0.05) is 19.5 Å². The van der Waals surface area contributed by atoms with E-state index in [4.69, 9.17) is 9.15 Å². The lowest BCUT2D eigenvalue weighted by atomic mass is 10.1. The Bertz CT molecular complexity index is 1300. The number of rotatable bonds is 8. The van der Waals surface area contributed by atoms with Crippen LogP contribution in [-0.2, 0) is 11.4 Å². The second kappa shape index (κ2) is 9.83. The molecular formula is C28H26N2O4. The fraction of sp³-hybridized carbons (Fsp3) is 0.214. The van der Waals surface area contributed by atoms with E-state index in [0.717, 1.165) is 35.1 Å². The van der Waals surface area contributed by atoms with Gasteiger partial charge in [-0.05, 0) is 47.0 Å². The number of fused-ring (bicyclic) bond motifs is 1. The summed E-state index contributed by atoms with van der Waals surface area (Å²) in [6, 6.07) is 26.8. The van der Waals surface area contributed by atoms with Gasteiger partial charge in [-0.3, -0.25) is 9.59 Å². The summed E-state index contributed by atoms with van der Waals surface area (Å²) in [4.78, 5) is 26.9. The Kier molecular flexibility index (Phi) is 6.29. The van der Waals surface area contributed by atoms with Gasteiger partial charge in [0.25, 0.3) is 5.91 Å². The fourth-order valence-corrected chi connectivity index (χ4v) is 4.26. The molecule has 0 saturated carbocycles. The first-order chi connectivity index (χ1) is 16.7. The summed E-state index contributed by atoms with van der Waals surface area (Å²) < 4.78 is 11.6. The van der Waals surface area contributed by atoms with Crippen molar-refractivity contribution in [3.63, 3.8) is 0 Å². The molecule has 2 amide bonds. The Balaban J connectivity index is 1.24. The van der Waals surface area contributed by atoms with Crippen LogP contribution in [0.2, 0.25) is 0 Å². The van der Waals surface area contributed by atoms with Gasteiger partial charge in [-0.2, -0.15) is 0 Å². The monoisotopic (exact) mass is 454 g/mol. The summed E-state index contributed by atoms with van der Waals surface area (Å²) in [7, 11) is 0. The zero-order chi connectivity index (χ0) is 23.3. The van der Waals surface area contributed by atoms with Gasteiger partial charge in [0.15, 0.2) is 5.76 Å². The van der Waals surface area contributed by atoms with E-state index in [2.05, 4.69) is 11.4 Å². The molecule has 0 radical (unpaired) electrons. The van der Waals surface area contributed by atoms with Crippen LogP contribution in [0.25, 0.3) is 10.8 Å². The number of amides is 2. The molecule has 34 heavy (non-hydrogen) atoms. The van der Waals surface area contributed by atoms with Crippen molar-refractivity contribution in [2.24, 2.45) is 0 Å². The van der Waals surface area contributed by atoms with Crippen molar-refractivity contribution in [3.05, 3.63) is 102 Å². The maximum absolute atomic E-state index is 13.0. The molecule has 1 N–H and O–H groups in total. The number of ether oxygens (including phenoxy) is 1. The zero-order valence-corrected chi connectivity index (χ0v) is 18.8. The molecule has 4 aromatic rings. The third kappa shape index (κ3) is 4.96. The second-order valence-electron chi connectivity index (χ2n) is 8.44. The van der Waals surface area contributed by atoms with E-state index in [1.165, 1.54) is 0 Å². The molecule has 2 heterocycles. The van der Waals surface area contributed by atoms with Crippen molar-refractivity contribution in [1.29, 1.82) is 0 Å². The molecule has 1 aromatic heterocycles. The standard InChI is InChI=1S/C28H26N2O4/c31-27-11-6-16-30(27)18-25(21-8-2-1-3-9-21)29-28(32)26-15-14-24(34-26)19-33-23-13-12-20-7-4-5-10-22(20)17-23/h1-5,7-10,12-15,17,25H,6,11,16,18-19H2,(H,29,32). The Morgan fingerprint density at radius 2 is 1.76 bits per heavy atom. The van der Waals surface area contributed by atoms with Crippen LogP contribution in [0, 0.1) is 0 Å². The van der Waals surface area contributed by atoms with Gasteiger partial charge in [0.1, 0.15) is 18.1 Å². The third-order valence-corrected chi connectivity index (χ3v) is 6.07. The van der Waals surface area contributed by atoms with Crippen LogP contribution < -0.4 is 10.1 Å². The molecule has 1 aliphatic rings. The highest BCUT2D eigenvalue weighted by Gasteiger charge is 2.26. The predicted molar refractivity (Wildman–Crippen MR) is 129 cm³/mol. The molecule has 5 rings (SSSR count). The minimum Gasteiger partial charge on any atom is -0.486 e.